The van der Waals surface area contributed by atoms with Crippen LogP contribution in [0.2, 0.25) is 0 Å². The van der Waals surface area contributed by atoms with Gasteiger partial charge in [-0.15, -0.1) is 10.2 Å². The van der Waals surface area contributed by atoms with Gasteiger partial charge >= 0.3 is 0 Å². The van der Waals surface area contributed by atoms with E-state index in [9.17, 15) is 4.79 Å². The maximum atomic E-state index is 12.5. The molecule has 0 radical (unpaired) electrons. The van der Waals surface area contributed by atoms with Gasteiger partial charge in [-0.1, -0.05) is 18.3 Å². The van der Waals surface area contributed by atoms with Crippen molar-refractivity contribution in [3.63, 3.8) is 0 Å². The Bertz CT molecular complexity index is 636. The molecule has 0 aliphatic carbocycles. The Balaban J connectivity index is 1.71. The SMILES string of the molecule is CCc1nnc(NC(=O)[C@H]2CNC[C@@H]2c2cnn(C)c2)s1. The average Bonchev–Trinajstić information content (AvgIpc) is 3.17. The summed E-state index contributed by atoms with van der Waals surface area (Å²) in [5.41, 5.74) is 1.09. The molecule has 1 amide bonds. The van der Waals surface area contributed by atoms with Crippen LogP contribution in [0.1, 0.15) is 23.4 Å². The predicted molar refractivity (Wildman–Crippen MR) is 80.2 cm³/mol. The second-order valence-electron chi connectivity index (χ2n) is 5.16. The molecule has 2 atom stereocenters. The molecule has 0 unspecified atom stereocenters. The molecule has 1 fully saturated rings. The summed E-state index contributed by atoms with van der Waals surface area (Å²) in [6.07, 6.45) is 4.63. The zero-order valence-corrected chi connectivity index (χ0v) is 12.9. The number of carbonyl (C=O) groups is 1. The van der Waals surface area contributed by atoms with Crippen LogP contribution in [0.15, 0.2) is 12.4 Å². The molecular weight excluding hydrogens is 288 g/mol. The van der Waals surface area contributed by atoms with Gasteiger partial charge in [-0.25, -0.2) is 0 Å². The lowest BCUT2D eigenvalue weighted by atomic mass is 9.90. The van der Waals surface area contributed by atoms with Gasteiger partial charge in [-0.05, 0) is 12.0 Å². The highest BCUT2D eigenvalue weighted by atomic mass is 32.1. The second kappa shape index (κ2) is 5.90. The van der Waals surface area contributed by atoms with Crippen LogP contribution in [0, 0.1) is 5.92 Å². The summed E-state index contributed by atoms with van der Waals surface area (Å²) in [6.45, 7) is 3.48. The van der Waals surface area contributed by atoms with E-state index in [-0.39, 0.29) is 17.7 Å². The molecule has 7 nitrogen and oxygen atoms in total. The third-order valence-electron chi connectivity index (χ3n) is 3.70. The predicted octanol–water partition coefficient (Wildman–Crippen LogP) is 0.776. The van der Waals surface area contributed by atoms with E-state index in [0.717, 1.165) is 23.5 Å². The minimum atomic E-state index is -0.108. The van der Waals surface area contributed by atoms with Gasteiger partial charge in [0.25, 0.3) is 0 Å². The third-order valence-corrected chi connectivity index (χ3v) is 4.69. The maximum absolute atomic E-state index is 12.5. The Labute approximate surface area is 126 Å². The van der Waals surface area contributed by atoms with E-state index in [4.69, 9.17) is 0 Å². The Hall–Kier alpha value is -1.80. The first-order valence-corrected chi connectivity index (χ1v) is 7.81. The van der Waals surface area contributed by atoms with Gasteiger partial charge in [0, 0.05) is 32.3 Å². The zero-order chi connectivity index (χ0) is 14.8. The molecule has 0 bridgehead atoms. The van der Waals surface area contributed by atoms with Gasteiger partial charge in [0.2, 0.25) is 11.0 Å². The molecule has 2 aromatic heterocycles. The number of carbonyl (C=O) groups excluding carboxylic acids is 1. The summed E-state index contributed by atoms with van der Waals surface area (Å²) in [7, 11) is 1.88. The number of hydrogen-bond acceptors (Lipinski definition) is 6. The van der Waals surface area contributed by atoms with Gasteiger partial charge in [0.05, 0.1) is 12.1 Å². The van der Waals surface area contributed by atoms with Crippen LogP contribution in [-0.4, -0.2) is 39.0 Å². The molecule has 112 valence electrons. The van der Waals surface area contributed by atoms with Crippen molar-refractivity contribution in [2.24, 2.45) is 13.0 Å². The van der Waals surface area contributed by atoms with Crippen molar-refractivity contribution in [2.75, 3.05) is 18.4 Å². The van der Waals surface area contributed by atoms with Crippen molar-refractivity contribution in [1.29, 1.82) is 0 Å². The summed E-state index contributed by atoms with van der Waals surface area (Å²) < 4.78 is 1.76. The first-order valence-electron chi connectivity index (χ1n) is 7.00. The molecule has 0 aromatic carbocycles. The highest BCUT2D eigenvalue weighted by Gasteiger charge is 2.35. The van der Waals surface area contributed by atoms with Crippen molar-refractivity contribution < 1.29 is 4.79 Å². The molecule has 21 heavy (non-hydrogen) atoms. The number of rotatable bonds is 4. The van der Waals surface area contributed by atoms with Crippen LogP contribution in [-0.2, 0) is 18.3 Å². The average molecular weight is 306 g/mol. The van der Waals surface area contributed by atoms with Crippen LogP contribution in [0.5, 0.6) is 0 Å². The van der Waals surface area contributed by atoms with Crippen LogP contribution in [0.3, 0.4) is 0 Å². The monoisotopic (exact) mass is 306 g/mol. The standard InChI is InChI=1S/C13H18N6OS/c1-3-11-17-18-13(21-11)16-12(20)10-6-14-5-9(10)8-4-15-19(2)7-8/h4,7,9-10,14H,3,5-6H2,1-2H3,(H,16,18,20)/t9-,10+/m1/s1. The highest BCUT2D eigenvalue weighted by Crippen LogP contribution is 2.29. The normalized spacial score (nSPS) is 21.6. The summed E-state index contributed by atoms with van der Waals surface area (Å²) in [5, 5.41) is 19.9. The van der Waals surface area contributed by atoms with Gasteiger partial charge in [-0.3, -0.25) is 9.48 Å². The van der Waals surface area contributed by atoms with E-state index >= 15 is 0 Å². The summed E-state index contributed by atoms with van der Waals surface area (Å²) in [6, 6.07) is 0. The molecule has 1 saturated heterocycles. The van der Waals surface area contributed by atoms with Crippen LogP contribution in [0.25, 0.3) is 0 Å². The number of nitrogens with zero attached hydrogens (tertiary/aromatic N) is 4. The first kappa shape index (κ1) is 14.2. The topological polar surface area (TPSA) is 84.7 Å². The molecule has 1 aliphatic rings. The number of nitrogens with one attached hydrogen (secondary N) is 2. The zero-order valence-electron chi connectivity index (χ0n) is 12.0. The van der Waals surface area contributed by atoms with E-state index in [1.807, 2.05) is 26.4 Å². The van der Waals surface area contributed by atoms with Gasteiger partial charge in [0.15, 0.2) is 0 Å². The van der Waals surface area contributed by atoms with E-state index < -0.39 is 0 Å². The van der Waals surface area contributed by atoms with Gasteiger partial charge in [-0.2, -0.15) is 5.10 Å². The molecule has 3 rings (SSSR count). The Morgan fingerprint density at radius 2 is 2.38 bits per heavy atom. The summed E-state index contributed by atoms with van der Waals surface area (Å²) >= 11 is 1.43. The van der Waals surface area contributed by atoms with E-state index in [0.29, 0.717) is 11.7 Å². The van der Waals surface area contributed by atoms with Crippen LogP contribution >= 0.6 is 11.3 Å². The molecule has 2 N–H and O–H groups in total. The van der Waals surface area contributed by atoms with Crippen molar-refractivity contribution in [1.82, 2.24) is 25.3 Å². The highest BCUT2D eigenvalue weighted by molar-refractivity contribution is 7.15. The summed E-state index contributed by atoms with van der Waals surface area (Å²) in [4.78, 5) is 12.5. The largest absolute Gasteiger partial charge is 0.315 e. The molecular formula is C13H18N6OS. The van der Waals surface area contributed by atoms with Crippen molar-refractivity contribution >= 4 is 22.4 Å². The number of aryl methyl sites for hydroxylation is 2. The van der Waals surface area contributed by atoms with Crippen molar-refractivity contribution in [3.8, 4) is 0 Å². The Morgan fingerprint density at radius 1 is 1.52 bits per heavy atom. The second-order valence-corrected chi connectivity index (χ2v) is 6.22. The lowest BCUT2D eigenvalue weighted by Crippen LogP contribution is -2.28. The fraction of sp³-hybridized carbons (Fsp3) is 0.538. The number of anilines is 1. The fourth-order valence-electron chi connectivity index (χ4n) is 2.58. The van der Waals surface area contributed by atoms with Gasteiger partial charge in [0.1, 0.15) is 5.01 Å². The number of hydrogen-bond donors (Lipinski definition) is 2. The van der Waals surface area contributed by atoms with Crippen molar-refractivity contribution in [3.05, 3.63) is 23.0 Å². The van der Waals surface area contributed by atoms with Crippen LogP contribution in [0.4, 0.5) is 5.13 Å². The fourth-order valence-corrected chi connectivity index (χ4v) is 3.26. The molecule has 3 heterocycles. The van der Waals surface area contributed by atoms with E-state index in [1.54, 1.807) is 4.68 Å². The van der Waals surface area contributed by atoms with Crippen molar-refractivity contribution in [2.45, 2.75) is 19.3 Å². The molecule has 8 heteroatoms. The molecule has 2 aromatic rings. The first-order chi connectivity index (χ1) is 10.2. The Kier molecular flexibility index (Phi) is 3.98. The molecule has 1 aliphatic heterocycles. The van der Waals surface area contributed by atoms with E-state index in [2.05, 4.69) is 25.9 Å². The lowest BCUT2D eigenvalue weighted by molar-refractivity contribution is -0.119. The molecule has 0 saturated carbocycles. The number of aromatic nitrogens is 4. The minimum Gasteiger partial charge on any atom is -0.315 e. The minimum absolute atomic E-state index is 0.00680. The smallest absolute Gasteiger partial charge is 0.231 e. The quantitative estimate of drug-likeness (QED) is 0.872. The van der Waals surface area contributed by atoms with Gasteiger partial charge < -0.3 is 10.6 Å². The third kappa shape index (κ3) is 2.96. The van der Waals surface area contributed by atoms with Crippen LogP contribution < -0.4 is 10.6 Å². The molecule has 0 spiro atoms. The maximum Gasteiger partial charge on any atom is 0.231 e. The summed E-state index contributed by atoms with van der Waals surface area (Å²) in [5.74, 6) is 0.0353. The Morgan fingerprint density at radius 3 is 3.05 bits per heavy atom. The van der Waals surface area contributed by atoms with E-state index in [1.165, 1.54) is 11.3 Å². The lowest BCUT2D eigenvalue weighted by Gasteiger charge is -2.15. The number of amides is 1.